The van der Waals surface area contributed by atoms with Crippen molar-refractivity contribution >= 4 is 11.9 Å². The monoisotopic (exact) mass is 239 g/mol. The molecule has 1 amide bonds. The number of aliphatic carboxylic acids is 1. The Morgan fingerprint density at radius 2 is 2.00 bits per heavy atom. The number of hydrogen-bond donors (Lipinski definition) is 2. The summed E-state index contributed by atoms with van der Waals surface area (Å²) in [5, 5.41) is 11.3. The molecule has 0 aliphatic carbocycles. The van der Waals surface area contributed by atoms with E-state index in [0.29, 0.717) is 0 Å². The van der Waals surface area contributed by atoms with Gasteiger partial charge in [-0.1, -0.05) is 18.2 Å². The summed E-state index contributed by atoms with van der Waals surface area (Å²) in [5.41, 5.74) is -1.08. The van der Waals surface area contributed by atoms with Gasteiger partial charge in [-0.3, -0.25) is 9.59 Å². The van der Waals surface area contributed by atoms with Crippen molar-refractivity contribution in [3.63, 3.8) is 0 Å². The molecule has 0 aliphatic heterocycles. The maximum Gasteiger partial charge on any atom is 0.306 e. The number of carboxylic acids is 1. The highest BCUT2D eigenvalue weighted by molar-refractivity contribution is 5.76. The molecule has 5 heteroatoms. The fraction of sp³-hybridized carbons (Fsp3) is 0.333. The fourth-order valence-electron chi connectivity index (χ4n) is 1.81. The van der Waals surface area contributed by atoms with E-state index in [9.17, 15) is 14.0 Å². The first-order chi connectivity index (χ1) is 7.85. The largest absolute Gasteiger partial charge is 0.481 e. The topological polar surface area (TPSA) is 66.4 Å². The Kier molecular flexibility index (Phi) is 3.83. The van der Waals surface area contributed by atoms with Crippen molar-refractivity contribution in [3.05, 3.63) is 35.6 Å². The summed E-state index contributed by atoms with van der Waals surface area (Å²) in [6.45, 7) is 2.75. The van der Waals surface area contributed by atoms with E-state index in [4.69, 9.17) is 5.11 Å². The number of rotatable bonds is 4. The summed E-state index contributed by atoms with van der Waals surface area (Å²) in [6, 6.07) is 5.81. The van der Waals surface area contributed by atoms with Crippen LogP contribution in [0.25, 0.3) is 0 Å². The molecule has 1 unspecified atom stereocenters. The van der Waals surface area contributed by atoms with Crippen molar-refractivity contribution in [3.8, 4) is 0 Å². The van der Waals surface area contributed by atoms with Crippen molar-refractivity contribution in [2.24, 2.45) is 0 Å². The van der Waals surface area contributed by atoms with Crippen LogP contribution < -0.4 is 5.32 Å². The maximum atomic E-state index is 13.6. The average Bonchev–Trinajstić information content (AvgIpc) is 2.15. The molecule has 0 aliphatic rings. The lowest BCUT2D eigenvalue weighted by molar-refractivity contribution is -0.139. The summed E-state index contributed by atoms with van der Waals surface area (Å²) in [4.78, 5) is 21.9. The van der Waals surface area contributed by atoms with Crippen LogP contribution in [0, 0.1) is 5.82 Å². The zero-order valence-corrected chi connectivity index (χ0v) is 9.66. The van der Waals surface area contributed by atoms with Gasteiger partial charge in [-0.05, 0) is 13.0 Å². The highest BCUT2D eigenvalue weighted by Gasteiger charge is 2.32. The van der Waals surface area contributed by atoms with Crippen LogP contribution in [0.1, 0.15) is 25.8 Å². The predicted molar refractivity (Wildman–Crippen MR) is 59.8 cm³/mol. The third-order valence-electron chi connectivity index (χ3n) is 2.43. The first-order valence-corrected chi connectivity index (χ1v) is 5.11. The Bertz CT molecular complexity index is 429. The van der Waals surface area contributed by atoms with Crippen LogP contribution >= 0.6 is 0 Å². The highest BCUT2D eigenvalue weighted by Crippen LogP contribution is 2.27. The number of carbonyl (C=O) groups is 2. The normalized spacial score (nSPS) is 13.8. The predicted octanol–water partition coefficient (Wildman–Crippen LogP) is 1.65. The summed E-state index contributed by atoms with van der Waals surface area (Å²) < 4.78 is 13.6. The first-order valence-electron chi connectivity index (χ1n) is 5.11. The molecule has 1 atom stereocenters. The highest BCUT2D eigenvalue weighted by atomic mass is 19.1. The van der Waals surface area contributed by atoms with E-state index in [0.717, 1.165) is 0 Å². The second-order valence-corrected chi connectivity index (χ2v) is 4.06. The molecule has 17 heavy (non-hydrogen) atoms. The van der Waals surface area contributed by atoms with Crippen molar-refractivity contribution in [1.29, 1.82) is 0 Å². The van der Waals surface area contributed by atoms with Crippen LogP contribution in [0.3, 0.4) is 0 Å². The number of benzene rings is 1. The molecule has 0 aromatic heterocycles. The van der Waals surface area contributed by atoms with Gasteiger partial charge in [0.05, 0.1) is 12.0 Å². The number of carbonyl (C=O) groups excluding carboxylic acids is 1. The quantitative estimate of drug-likeness (QED) is 0.839. The first kappa shape index (κ1) is 13.2. The molecule has 0 fully saturated rings. The van der Waals surface area contributed by atoms with Gasteiger partial charge < -0.3 is 10.4 Å². The molecule has 2 N–H and O–H groups in total. The zero-order valence-electron chi connectivity index (χ0n) is 9.66. The summed E-state index contributed by atoms with van der Waals surface area (Å²) >= 11 is 0. The minimum absolute atomic E-state index is 0.164. The number of halogens is 1. The Morgan fingerprint density at radius 1 is 1.41 bits per heavy atom. The van der Waals surface area contributed by atoms with Crippen LogP contribution in [-0.2, 0) is 15.1 Å². The van der Waals surface area contributed by atoms with Crippen LogP contribution in [-0.4, -0.2) is 17.0 Å². The van der Waals surface area contributed by atoms with Crippen molar-refractivity contribution < 1.29 is 19.1 Å². The third-order valence-corrected chi connectivity index (χ3v) is 2.43. The maximum absolute atomic E-state index is 13.6. The molecule has 1 aromatic carbocycles. The molecule has 0 bridgehead atoms. The zero-order chi connectivity index (χ0) is 13.1. The molecular formula is C12H14FNO3. The summed E-state index contributed by atoms with van der Waals surface area (Å²) in [7, 11) is 0. The Hall–Kier alpha value is -1.91. The molecule has 0 heterocycles. The lowest BCUT2D eigenvalue weighted by Gasteiger charge is -2.29. The lowest BCUT2D eigenvalue weighted by atomic mass is 9.88. The molecule has 1 rings (SSSR count). The molecule has 92 valence electrons. The van der Waals surface area contributed by atoms with Crippen molar-refractivity contribution in [2.75, 3.05) is 0 Å². The number of nitrogens with one attached hydrogen (secondary N) is 1. The smallest absolute Gasteiger partial charge is 0.306 e. The molecular weight excluding hydrogens is 225 g/mol. The van der Waals surface area contributed by atoms with Gasteiger partial charge in [0.25, 0.3) is 0 Å². The Morgan fingerprint density at radius 3 is 2.47 bits per heavy atom. The second-order valence-electron chi connectivity index (χ2n) is 4.06. The van der Waals surface area contributed by atoms with Gasteiger partial charge in [-0.2, -0.15) is 0 Å². The summed E-state index contributed by atoms with van der Waals surface area (Å²) in [5.74, 6) is -2.05. The minimum Gasteiger partial charge on any atom is -0.481 e. The van der Waals surface area contributed by atoms with Crippen LogP contribution in [0.15, 0.2) is 24.3 Å². The van der Waals surface area contributed by atoms with Gasteiger partial charge >= 0.3 is 5.97 Å². The van der Waals surface area contributed by atoms with E-state index in [1.165, 1.54) is 32.0 Å². The van der Waals surface area contributed by atoms with E-state index in [1.54, 1.807) is 6.07 Å². The Balaban J connectivity index is 3.18. The van der Waals surface area contributed by atoms with Gasteiger partial charge in [0.2, 0.25) is 5.91 Å². The van der Waals surface area contributed by atoms with Gasteiger partial charge in [-0.15, -0.1) is 0 Å². The number of carboxylic acid groups (broad SMARTS) is 1. The van der Waals surface area contributed by atoms with E-state index >= 15 is 0 Å². The minimum atomic E-state index is -1.25. The van der Waals surface area contributed by atoms with Crippen LogP contribution in [0.2, 0.25) is 0 Å². The number of amides is 1. The van der Waals surface area contributed by atoms with Gasteiger partial charge in [0, 0.05) is 12.5 Å². The second kappa shape index (κ2) is 4.95. The Labute approximate surface area is 98.5 Å². The SMILES string of the molecule is CC(=O)NC(C)(CC(=O)O)c1ccccc1F. The molecule has 0 radical (unpaired) electrons. The van der Waals surface area contributed by atoms with Crippen molar-refractivity contribution in [1.82, 2.24) is 5.32 Å². The van der Waals surface area contributed by atoms with Gasteiger partial charge in [0.1, 0.15) is 5.82 Å². The van der Waals surface area contributed by atoms with Crippen LogP contribution in [0.4, 0.5) is 4.39 Å². The van der Waals surface area contributed by atoms with Gasteiger partial charge in [0.15, 0.2) is 0 Å². The standard InChI is InChI=1S/C12H14FNO3/c1-8(15)14-12(2,7-11(16)17)9-5-3-4-6-10(9)13/h3-6H,7H2,1-2H3,(H,14,15)(H,16,17). The van der Waals surface area contributed by atoms with Crippen LogP contribution in [0.5, 0.6) is 0 Å². The molecule has 0 saturated heterocycles. The lowest BCUT2D eigenvalue weighted by Crippen LogP contribution is -2.44. The molecule has 0 spiro atoms. The average molecular weight is 239 g/mol. The van der Waals surface area contributed by atoms with Gasteiger partial charge in [-0.25, -0.2) is 4.39 Å². The third kappa shape index (κ3) is 3.27. The molecule has 1 aromatic rings. The molecule has 0 saturated carbocycles. The van der Waals surface area contributed by atoms with E-state index in [2.05, 4.69) is 5.32 Å². The summed E-state index contributed by atoms with van der Waals surface area (Å²) in [6.07, 6.45) is -0.381. The van der Waals surface area contributed by atoms with E-state index in [1.807, 2.05) is 0 Å². The van der Waals surface area contributed by atoms with E-state index < -0.39 is 23.2 Å². The van der Waals surface area contributed by atoms with Crippen molar-refractivity contribution in [2.45, 2.75) is 25.8 Å². The fourth-order valence-corrected chi connectivity index (χ4v) is 1.81. The number of hydrogen-bond acceptors (Lipinski definition) is 2. The molecule has 4 nitrogen and oxygen atoms in total. The van der Waals surface area contributed by atoms with E-state index in [-0.39, 0.29) is 12.0 Å².